The second-order valence-electron chi connectivity index (χ2n) is 6.19. The lowest BCUT2D eigenvalue weighted by molar-refractivity contribution is 0.227. The zero-order valence-corrected chi connectivity index (χ0v) is 14.7. The Labute approximate surface area is 147 Å². The van der Waals surface area contributed by atoms with Gasteiger partial charge >= 0.3 is 0 Å². The summed E-state index contributed by atoms with van der Waals surface area (Å²) in [5, 5.41) is 3.52. The van der Waals surface area contributed by atoms with Gasteiger partial charge in [-0.15, -0.1) is 0 Å². The zero-order valence-electron chi connectivity index (χ0n) is 14.7. The molecule has 0 aliphatic carbocycles. The van der Waals surface area contributed by atoms with Crippen LogP contribution >= 0.6 is 0 Å². The molecule has 0 saturated carbocycles. The van der Waals surface area contributed by atoms with E-state index >= 15 is 0 Å². The fourth-order valence-electron chi connectivity index (χ4n) is 3.15. The topological polar surface area (TPSA) is 39.7 Å². The molecular weight excluding hydrogens is 321 g/mol. The summed E-state index contributed by atoms with van der Waals surface area (Å²) in [5.41, 5.74) is 2.15. The molecule has 1 aliphatic rings. The minimum absolute atomic E-state index is 0.284. The lowest BCUT2D eigenvalue weighted by atomic mass is 10.0. The number of methoxy groups -OCH3 is 2. The van der Waals surface area contributed by atoms with Gasteiger partial charge in [0.05, 0.1) is 14.2 Å². The number of hydrogen-bond donors (Lipinski definition) is 1. The summed E-state index contributed by atoms with van der Waals surface area (Å²) in [4.78, 5) is 0. The highest BCUT2D eigenvalue weighted by Gasteiger charge is 2.21. The highest BCUT2D eigenvalue weighted by molar-refractivity contribution is 5.48. The van der Waals surface area contributed by atoms with Gasteiger partial charge in [0.25, 0.3) is 0 Å². The third kappa shape index (κ3) is 4.23. The number of ether oxygens (including phenoxy) is 3. The molecule has 1 N–H and O–H groups in total. The maximum Gasteiger partial charge on any atom is 0.165 e. The van der Waals surface area contributed by atoms with Crippen molar-refractivity contribution in [2.24, 2.45) is 0 Å². The average molecular weight is 345 g/mol. The van der Waals surface area contributed by atoms with E-state index in [1.54, 1.807) is 19.2 Å². The molecule has 0 saturated heterocycles. The van der Waals surface area contributed by atoms with Crippen LogP contribution in [0, 0.1) is 5.82 Å². The van der Waals surface area contributed by atoms with Gasteiger partial charge in [-0.25, -0.2) is 4.39 Å². The van der Waals surface area contributed by atoms with Gasteiger partial charge in [-0.3, -0.25) is 0 Å². The van der Waals surface area contributed by atoms with E-state index in [1.165, 1.54) is 12.7 Å². The normalized spacial score (nSPS) is 16.0. The van der Waals surface area contributed by atoms with Crippen molar-refractivity contribution >= 4 is 0 Å². The predicted octanol–water partition coefficient (Wildman–Crippen LogP) is 3.37. The maximum atomic E-state index is 13.7. The van der Waals surface area contributed by atoms with Crippen LogP contribution in [-0.4, -0.2) is 33.4 Å². The number of aryl methyl sites for hydroxylation is 1. The predicted molar refractivity (Wildman–Crippen MR) is 95.3 cm³/mol. The summed E-state index contributed by atoms with van der Waals surface area (Å²) in [6, 6.07) is 11.4. The Bertz CT molecular complexity index is 720. The Kier molecular flexibility index (Phi) is 5.76. The SMILES string of the molecule is COc1ccc(CCCN[C@H]2COc3c(cccc3OC)C2)cc1F. The Morgan fingerprint density at radius 1 is 1.16 bits per heavy atom. The molecule has 1 atom stereocenters. The number of halogens is 1. The van der Waals surface area contributed by atoms with Crippen molar-refractivity contribution in [1.82, 2.24) is 5.32 Å². The van der Waals surface area contributed by atoms with Crippen LogP contribution in [0.25, 0.3) is 0 Å². The van der Waals surface area contributed by atoms with Gasteiger partial charge in [0.1, 0.15) is 6.61 Å². The molecule has 0 unspecified atom stereocenters. The first-order chi connectivity index (χ1) is 12.2. The molecule has 0 amide bonds. The molecule has 4 nitrogen and oxygen atoms in total. The second kappa shape index (κ2) is 8.21. The fourth-order valence-corrected chi connectivity index (χ4v) is 3.15. The van der Waals surface area contributed by atoms with Crippen LogP contribution in [0.5, 0.6) is 17.2 Å². The van der Waals surface area contributed by atoms with Crippen LogP contribution in [0.1, 0.15) is 17.5 Å². The molecule has 0 fully saturated rings. The van der Waals surface area contributed by atoms with Crippen LogP contribution in [0.4, 0.5) is 4.39 Å². The molecule has 2 aromatic rings. The lowest BCUT2D eigenvalue weighted by Crippen LogP contribution is -2.39. The van der Waals surface area contributed by atoms with Gasteiger partial charge in [0.15, 0.2) is 23.1 Å². The van der Waals surface area contributed by atoms with Crippen molar-refractivity contribution in [3.8, 4) is 17.2 Å². The molecule has 1 heterocycles. The Hall–Kier alpha value is -2.27. The molecule has 134 valence electrons. The molecule has 0 aromatic heterocycles. The Morgan fingerprint density at radius 2 is 2.00 bits per heavy atom. The number of rotatable bonds is 7. The molecule has 3 rings (SSSR count). The number of para-hydroxylation sites is 1. The maximum absolute atomic E-state index is 13.7. The number of nitrogens with one attached hydrogen (secondary N) is 1. The standard InChI is InChI=1S/C20H24FNO3/c1-23-18-9-8-14(11-17(18)21)5-4-10-22-16-12-15-6-3-7-19(24-2)20(15)25-13-16/h3,6-9,11,16,22H,4-5,10,12-13H2,1-2H3/t16-/m1/s1. The average Bonchev–Trinajstić information content (AvgIpc) is 2.64. The van der Waals surface area contributed by atoms with E-state index in [0.717, 1.165) is 42.9 Å². The van der Waals surface area contributed by atoms with Crippen LogP contribution < -0.4 is 19.5 Å². The fraction of sp³-hybridized carbons (Fsp3) is 0.400. The lowest BCUT2D eigenvalue weighted by Gasteiger charge is -2.27. The molecule has 0 bridgehead atoms. The van der Waals surface area contributed by atoms with E-state index in [9.17, 15) is 4.39 Å². The summed E-state index contributed by atoms with van der Waals surface area (Å²) >= 11 is 0. The van der Waals surface area contributed by atoms with E-state index in [4.69, 9.17) is 14.2 Å². The number of fused-ring (bicyclic) bond motifs is 1. The smallest absolute Gasteiger partial charge is 0.165 e. The summed E-state index contributed by atoms with van der Waals surface area (Å²) in [6.45, 7) is 1.49. The first-order valence-electron chi connectivity index (χ1n) is 8.55. The molecule has 25 heavy (non-hydrogen) atoms. The van der Waals surface area contributed by atoms with Crippen LogP contribution in [0.15, 0.2) is 36.4 Å². The molecule has 1 aliphatic heterocycles. The quantitative estimate of drug-likeness (QED) is 0.781. The van der Waals surface area contributed by atoms with Crippen molar-refractivity contribution in [1.29, 1.82) is 0 Å². The van der Waals surface area contributed by atoms with Gasteiger partial charge in [-0.1, -0.05) is 18.2 Å². The minimum Gasteiger partial charge on any atom is -0.494 e. The van der Waals surface area contributed by atoms with Gasteiger partial charge < -0.3 is 19.5 Å². The van der Waals surface area contributed by atoms with E-state index in [1.807, 2.05) is 18.2 Å². The summed E-state index contributed by atoms with van der Waals surface area (Å²) in [5.74, 6) is 1.63. The van der Waals surface area contributed by atoms with Crippen molar-refractivity contribution in [3.63, 3.8) is 0 Å². The molecule has 0 radical (unpaired) electrons. The van der Waals surface area contributed by atoms with E-state index in [2.05, 4.69) is 11.4 Å². The Balaban J connectivity index is 1.46. The van der Waals surface area contributed by atoms with E-state index in [-0.39, 0.29) is 17.6 Å². The van der Waals surface area contributed by atoms with Gasteiger partial charge in [-0.2, -0.15) is 0 Å². The summed E-state index contributed by atoms with van der Waals surface area (Å²) < 4.78 is 29.8. The van der Waals surface area contributed by atoms with E-state index in [0.29, 0.717) is 6.61 Å². The van der Waals surface area contributed by atoms with Crippen molar-refractivity contribution in [2.75, 3.05) is 27.4 Å². The van der Waals surface area contributed by atoms with Crippen molar-refractivity contribution in [2.45, 2.75) is 25.3 Å². The van der Waals surface area contributed by atoms with E-state index < -0.39 is 0 Å². The van der Waals surface area contributed by atoms with Crippen LogP contribution in [0.2, 0.25) is 0 Å². The largest absolute Gasteiger partial charge is 0.494 e. The van der Waals surface area contributed by atoms with Gasteiger partial charge in [0.2, 0.25) is 0 Å². The summed E-state index contributed by atoms with van der Waals surface area (Å²) in [7, 11) is 3.13. The van der Waals surface area contributed by atoms with Crippen LogP contribution in [-0.2, 0) is 12.8 Å². The second-order valence-corrected chi connectivity index (χ2v) is 6.19. The zero-order chi connectivity index (χ0) is 17.6. The summed E-state index contributed by atoms with van der Waals surface area (Å²) in [6.07, 6.45) is 2.68. The highest BCUT2D eigenvalue weighted by Crippen LogP contribution is 2.34. The highest BCUT2D eigenvalue weighted by atomic mass is 19.1. The molecule has 2 aromatic carbocycles. The first kappa shape index (κ1) is 17.5. The molecule has 5 heteroatoms. The third-order valence-electron chi connectivity index (χ3n) is 4.47. The molecule has 0 spiro atoms. The van der Waals surface area contributed by atoms with Crippen molar-refractivity contribution in [3.05, 3.63) is 53.3 Å². The third-order valence-corrected chi connectivity index (χ3v) is 4.47. The van der Waals surface area contributed by atoms with Crippen LogP contribution in [0.3, 0.4) is 0 Å². The number of hydrogen-bond acceptors (Lipinski definition) is 4. The minimum atomic E-state index is -0.306. The first-order valence-corrected chi connectivity index (χ1v) is 8.55. The van der Waals surface area contributed by atoms with Gasteiger partial charge in [0, 0.05) is 6.04 Å². The molecular formula is C20H24FNO3. The van der Waals surface area contributed by atoms with Crippen molar-refractivity contribution < 1.29 is 18.6 Å². The monoisotopic (exact) mass is 345 g/mol. The number of benzene rings is 2. The Morgan fingerprint density at radius 3 is 2.76 bits per heavy atom. The van der Waals surface area contributed by atoms with Gasteiger partial charge in [-0.05, 0) is 55.1 Å².